The van der Waals surface area contributed by atoms with Crippen molar-refractivity contribution < 1.29 is 54.0 Å². The van der Waals surface area contributed by atoms with E-state index < -0.39 is 59.5 Å². The van der Waals surface area contributed by atoms with Gasteiger partial charge in [0, 0.05) is 19.6 Å². The lowest BCUT2D eigenvalue weighted by atomic mass is 9.68. The number of hydrogen-bond acceptors (Lipinski definition) is 11. The number of fused-ring (bicyclic) bond motifs is 2. The third kappa shape index (κ3) is 6.08. The van der Waals surface area contributed by atoms with Crippen molar-refractivity contribution >= 4 is 0 Å². The van der Waals surface area contributed by atoms with E-state index in [9.17, 15) is 25.5 Å². The lowest BCUT2D eigenvalue weighted by Gasteiger charge is -2.48. The predicted molar refractivity (Wildman–Crippen MR) is 160 cm³/mol. The zero-order valence-corrected chi connectivity index (χ0v) is 27.3. The lowest BCUT2D eigenvalue weighted by Crippen LogP contribution is -2.63. The molecule has 0 bridgehead atoms. The number of epoxide rings is 1. The minimum absolute atomic E-state index is 0.0366. The van der Waals surface area contributed by atoms with Gasteiger partial charge >= 0.3 is 0 Å². The van der Waals surface area contributed by atoms with Crippen LogP contribution >= 0.6 is 0 Å². The van der Waals surface area contributed by atoms with E-state index in [2.05, 4.69) is 26.8 Å². The molecule has 11 heteroatoms. The summed E-state index contributed by atoms with van der Waals surface area (Å²) in [4.78, 5) is 0. The normalized spacial score (nSPS) is 45.4. The van der Waals surface area contributed by atoms with Gasteiger partial charge in [-0.25, -0.2) is 0 Å². The molecular weight excluding hydrogens is 572 g/mol. The molecule has 0 radical (unpaired) electrons. The molecule has 0 amide bonds. The Hall–Kier alpha value is -0.960. The summed E-state index contributed by atoms with van der Waals surface area (Å²) >= 11 is 0. The molecule has 3 aliphatic carbocycles. The molecule has 0 unspecified atom stereocenters. The maximum atomic E-state index is 12.1. The summed E-state index contributed by atoms with van der Waals surface area (Å²) in [5, 5.41) is 56.7. The van der Waals surface area contributed by atoms with Gasteiger partial charge in [-0.05, 0) is 61.5 Å². The van der Waals surface area contributed by atoms with Gasteiger partial charge in [0.15, 0.2) is 6.29 Å². The van der Waals surface area contributed by atoms with Crippen molar-refractivity contribution in [3.63, 3.8) is 0 Å². The van der Waals surface area contributed by atoms with Crippen LogP contribution in [0.3, 0.4) is 0 Å². The van der Waals surface area contributed by atoms with Gasteiger partial charge in [0.1, 0.15) is 47.8 Å². The first-order valence-electron chi connectivity index (χ1n) is 16.2. The lowest BCUT2D eigenvalue weighted by molar-refractivity contribution is -0.334. The van der Waals surface area contributed by atoms with Crippen LogP contribution in [0.5, 0.6) is 0 Å². The third-order valence-electron chi connectivity index (χ3n) is 11.0. The fourth-order valence-corrected chi connectivity index (χ4v) is 8.22. The van der Waals surface area contributed by atoms with Crippen molar-refractivity contribution in [2.75, 3.05) is 40.6 Å². The molecule has 0 aromatic carbocycles. The molecule has 1 saturated carbocycles. The molecule has 0 spiro atoms. The Morgan fingerprint density at radius 3 is 2.39 bits per heavy atom. The molecule has 2 heterocycles. The van der Waals surface area contributed by atoms with E-state index in [0.717, 1.165) is 24.0 Å². The van der Waals surface area contributed by atoms with Gasteiger partial charge in [0.2, 0.25) is 0 Å². The Bertz CT molecular complexity index is 1090. The molecule has 5 aliphatic rings. The van der Waals surface area contributed by atoms with Crippen LogP contribution in [-0.4, -0.2) is 126 Å². The zero-order chi connectivity index (χ0) is 32.2. The molecule has 3 fully saturated rings. The minimum atomic E-state index is -1.51. The first-order valence-corrected chi connectivity index (χ1v) is 16.2. The van der Waals surface area contributed by atoms with Gasteiger partial charge in [-0.2, -0.15) is 0 Å². The highest BCUT2D eigenvalue weighted by Crippen LogP contribution is 2.56. The van der Waals surface area contributed by atoms with Crippen molar-refractivity contribution in [3.05, 3.63) is 22.8 Å². The number of aliphatic hydroxyl groups is 5. The molecule has 2 aliphatic heterocycles. The summed E-state index contributed by atoms with van der Waals surface area (Å²) in [6.45, 7) is 10.4. The van der Waals surface area contributed by atoms with Crippen LogP contribution in [0.15, 0.2) is 22.8 Å². The van der Waals surface area contributed by atoms with E-state index in [1.807, 2.05) is 6.92 Å². The van der Waals surface area contributed by atoms with E-state index in [1.165, 1.54) is 12.7 Å². The van der Waals surface area contributed by atoms with Gasteiger partial charge in [0.25, 0.3) is 0 Å². The highest BCUT2D eigenvalue weighted by molar-refractivity contribution is 5.42. The Labute approximate surface area is 261 Å². The van der Waals surface area contributed by atoms with Crippen LogP contribution < -0.4 is 0 Å². The summed E-state index contributed by atoms with van der Waals surface area (Å²) in [6, 6.07) is 0. The maximum Gasteiger partial charge on any atom is 0.187 e. The number of methoxy groups -OCH3 is 2. The molecule has 5 N–H and O–H groups in total. The molecular formula is C33H54O11. The molecule has 5 rings (SSSR count). The summed E-state index contributed by atoms with van der Waals surface area (Å²) in [6.07, 6.45) is -3.21. The second-order valence-corrected chi connectivity index (χ2v) is 14.5. The van der Waals surface area contributed by atoms with Crippen molar-refractivity contribution in [2.24, 2.45) is 23.2 Å². The van der Waals surface area contributed by atoms with Gasteiger partial charge < -0.3 is 54.0 Å². The number of hydrogen-bond donors (Lipinski definition) is 5. The number of rotatable bonds is 11. The highest BCUT2D eigenvalue weighted by Gasteiger charge is 2.56. The summed E-state index contributed by atoms with van der Waals surface area (Å²) < 4.78 is 35.4. The quantitative estimate of drug-likeness (QED) is 0.167. The minimum Gasteiger partial charge on any atom is -0.393 e. The van der Waals surface area contributed by atoms with Gasteiger partial charge in [-0.3, -0.25) is 0 Å². The Balaban J connectivity index is 1.50. The largest absolute Gasteiger partial charge is 0.393 e. The number of ether oxygens (including phenoxy) is 6. The molecule has 44 heavy (non-hydrogen) atoms. The van der Waals surface area contributed by atoms with E-state index in [4.69, 9.17) is 28.4 Å². The van der Waals surface area contributed by atoms with E-state index in [-0.39, 0.29) is 43.7 Å². The van der Waals surface area contributed by atoms with Gasteiger partial charge in [0.05, 0.1) is 32.5 Å². The number of aliphatic hydroxyl groups excluding tert-OH is 4. The van der Waals surface area contributed by atoms with Crippen molar-refractivity contribution in [1.82, 2.24) is 0 Å². The Morgan fingerprint density at radius 2 is 1.80 bits per heavy atom. The molecule has 13 atom stereocenters. The fraction of sp³-hybridized carbons (Fsp3) is 0.879. The second kappa shape index (κ2) is 12.9. The topological polar surface area (TPSA) is 160 Å². The fourth-order valence-electron chi connectivity index (χ4n) is 8.22. The number of allylic oxidation sites excluding steroid dienone is 2. The highest BCUT2D eigenvalue weighted by atomic mass is 16.7. The average molecular weight is 627 g/mol. The molecule has 2 saturated heterocycles. The molecule has 0 aromatic rings. The van der Waals surface area contributed by atoms with Crippen LogP contribution in [-0.2, 0) is 28.4 Å². The SMILES string of the molecule is COC[C@H]1O[C@H](O[C@@H]2C3=C(C(C)C)CC[C@]3(C)C=C3[C@@H](CC[C@]3(O)COC)[C@@H](C)[C@H]2O)[C@H](O)[C@@H](O)[C@@H]1O[C@](C)(CO)[C@@H]1CO1. The van der Waals surface area contributed by atoms with E-state index >= 15 is 0 Å². The first kappa shape index (κ1) is 34.4. The van der Waals surface area contributed by atoms with Crippen LogP contribution in [0.2, 0.25) is 0 Å². The van der Waals surface area contributed by atoms with Crippen molar-refractivity contribution in [2.45, 2.75) is 121 Å². The zero-order valence-electron chi connectivity index (χ0n) is 27.3. The van der Waals surface area contributed by atoms with Crippen molar-refractivity contribution in [1.29, 1.82) is 0 Å². The molecule has 252 valence electrons. The van der Waals surface area contributed by atoms with E-state index in [0.29, 0.717) is 19.4 Å². The third-order valence-corrected chi connectivity index (χ3v) is 11.0. The van der Waals surface area contributed by atoms with Crippen LogP contribution in [0, 0.1) is 23.2 Å². The first-order chi connectivity index (χ1) is 20.7. The van der Waals surface area contributed by atoms with Crippen LogP contribution in [0.4, 0.5) is 0 Å². The second-order valence-electron chi connectivity index (χ2n) is 14.5. The monoisotopic (exact) mass is 626 g/mol. The van der Waals surface area contributed by atoms with Crippen molar-refractivity contribution in [3.8, 4) is 0 Å². The molecule has 11 nitrogen and oxygen atoms in total. The standard InChI is InChI=1S/C33H54O11/c1-17(2)19-8-10-31(4)12-21-20(9-11-33(21,38)16-40-7)18(3)25(35)29(24(19)31)43-30-27(37)26(36)28(22(42-30)13-39-6)44-32(5,15-34)23-14-41-23/h12,17-18,20,22-23,25-30,34-38H,8-11,13-16H2,1-7H3/t18-,20+,22-,23+,25-,26-,27-,28-,29-,30-,31-,32-,33+/m1/s1. The van der Waals surface area contributed by atoms with Crippen LogP contribution in [0.1, 0.15) is 60.3 Å². The smallest absolute Gasteiger partial charge is 0.187 e. The maximum absolute atomic E-state index is 12.1. The van der Waals surface area contributed by atoms with Gasteiger partial charge in [-0.1, -0.05) is 39.3 Å². The predicted octanol–water partition coefficient (Wildman–Crippen LogP) is 1.48. The van der Waals surface area contributed by atoms with Gasteiger partial charge in [-0.15, -0.1) is 0 Å². The Morgan fingerprint density at radius 1 is 1.09 bits per heavy atom. The summed E-state index contributed by atoms with van der Waals surface area (Å²) in [5.41, 5.74) is 0.322. The molecule has 0 aromatic heterocycles. The van der Waals surface area contributed by atoms with Crippen LogP contribution in [0.25, 0.3) is 0 Å². The average Bonchev–Trinajstić information content (AvgIpc) is 3.72. The Kier molecular flexibility index (Phi) is 10.1. The summed E-state index contributed by atoms with van der Waals surface area (Å²) in [7, 11) is 3.10. The summed E-state index contributed by atoms with van der Waals surface area (Å²) in [5.74, 6) is -0.193. The van der Waals surface area contributed by atoms with E-state index in [1.54, 1.807) is 14.0 Å².